The van der Waals surface area contributed by atoms with Gasteiger partial charge in [-0.2, -0.15) is 4.80 Å². The molecule has 0 atom stereocenters. The minimum absolute atomic E-state index is 0.668. The predicted octanol–water partition coefficient (Wildman–Crippen LogP) is 0.559. The number of nitrogens with zero attached hydrogens (tertiary/aromatic N) is 5. The molecule has 0 unspecified atom stereocenters. The molecule has 2 rings (SSSR count). The summed E-state index contributed by atoms with van der Waals surface area (Å²) in [6.45, 7) is 4.80. The third-order valence-corrected chi connectivity index (χ3v) is 2.44. The first-order chi connectivity index (χ1) is 8.28. The van der Waals surface area contributed by atoms with E-state index >= 15 is 0 Å². The van der Waals surface area contributed by atoms with Crippen molar-refractivity contribution in [2.45, 2.75) is 26.4 Å². The summed E-state index contributed by atoms with van der Waals surface area (Å²) in [6, 6.07) is 2.11. The normalized spacial score (nSPS) is 10.9. The Hall–Kier alpha value is -1.69. The van der Waals surface area contributed by atoms with Crippen molar-refractivity contribution in [3.63, 3.8) is 0 Å². The molecule has 0 aliphatic rings. The highest BCUT2D eigenvalue weighted by Gasteiger charge is 2.02. The van der Waals surface area contributed by atoms with Gasteiger partial charge in [-0.1, -0.05) is 6.92 Å². The van der Waals surface area contributed by atoms with Crippen LogP contribution in [0.25, 0.3) is 0 Å². The van der Waals surface area contributed by atoms with Crippen LogP contribution in [0, 0.1) is 0 Å². The first-order valence-electron chi connectivity index (χ1n) is 5.86. The van der Waals surface area contributed by atoms with Gasteiger partial charge in [0.05, 0.1) is 13.6 Å². The largest absolute Gasteiger partial charge is 0.346 e. The molecule has 0 bridgehead atoms. The van der Waals surface area contributed by atoms with E-state index in [1.165, 1.54) is 10.4 Å². The van der Waals surface area contributed by atoms with Gasteiger partial charge in [-0.25, -0.2) is 0 Å². The molecule has 0 aliphatic carbocycles. The monoisotopic (exact) mass is 234 g/mol. The van der Waals surface area contributed by atoms with E-state index < -0.39 is 0 Å². The molecule has 2 aromatic heterocycles. The fraction of sp³-hybridized carbons (Fsp3) is 0.545. The van der Waals surface area contributed by atoms with Crippen LogP contribution in [0.5, 0.6) is 0 Å². The van der Waals surface area contributed by atoms with E-state index in [9.17, 15) is 0 Å². The Morgan fingerprint density at radius 1 is 1.41 bits per heavy atom. The number of tetrazole rings is 1. The van der Waals surface area contributed by atoms with Crippen LogP contribution >= 0.6 is 0 Å². The van der Waals surface area contributed by atoms with Gasteiger partial charge >= 0.3 is 0 Å². The number of hydrogen-bond acceptors (Lipinski definition) is 4. The average Bonchev–Trinajstić information content (AvgIpc) is 2.90. The molecule has 1 N–H and O–H groups in total. The molecule has 0 amide bonds. The quantitative estimate of drug-likeness (QED) is 0.742. The Labute approximate surface area is 101 Å². The molecule has 0 saturated heterocycles. The molecule has 0 aliphatic heterocycles. The van der Waals surface area contributed by atoms with Crippen LogP contribution in [0.15, 0.2) is 18.5 Å². The summed E-state index contributed by atoms with van der Waals surface area (Å²) in [7, 11) is 1.77. The lowest BCUT2D eigenvalue weighted by Gasteiger charge is -2.00. The van der Waals surface area contributed by atoms with Crippen LogP contribution < -0.4 is 5.32 Å². The predicted molar refractivity (Wildman–Crippen MR) is 64.3 cm³/mol. The summed E-state index contributed by atoms with van der Waals surface area (Å²) in [5.41, 5.74) is 1.28. The standard InChI is InChI=1S/C11H18N6/c1-3-5-12-7-10-4-6-17(8-10)9-11-13-15-16(2)14-11/h4,6,8,12H,3,5,7,9H2,1-2H3. The maximum absolute atomic E-state index is 4.15. The van der Waals surface area contributed by atoms with E-state index in [4.69, 9.17) is 0 Å². The van der Waals surface area contributed by atoms with Crippen molar-refractivity contribution < 1.29 is 0 Å². The van der Waals surface area contributed by atoms with Crippen molar-refractivity contribution >= 4 is 0 Å². The van der Waals surface area contributed by atoms with Crippen molar-refractivity contribution in [2.24, 2.45) is 7.05 Å². The molecule has 0 spiro atoms. The molecule has 0 radical (unpaired) electrons. The molecule has 2 aromatic rings. The molecule has 17 heavy (non-hydrogen) atoms. The summed E-state index contributed by atoms with van der Waals surface area (Å²) in [6.07, 6.45) is 5.31. The zero-order valence-corrected chi connectivity index (χ0v) is 10.3. The van der Waals surface area contributed by atoms with Gasteiger partial charge in [0, 0.05) is 18.9 Å². The molecule has 0 aromatic carbocycles. The molecule has 92 valence electrons. The van der Waals surface area contributed by atoms with Gasteiger partial charge < -0.3 is 9.88 Å². The Morgan fingerprint density at radius 3 is 3.00 bits per heavy atom. The fourth-order valence-electron chi connectivity index (χ4n) is 1.65. The number of aromatic nitrogens is 5. The van der Waals surface area contributed by atoms with E-state index in [2.05, 4.69) is 44.5 Å². The van der Waals surface area contributed by atoms with E-state index in [0.29, 0.717) is 6.54 Å². The maximum Gasteiger partial charge on any atom is 0.194 e. The number of rotatable bonds is 6. The van der Waals surface area contributed by atoms with Crippen molar-refractivity contribution in [3.05, 3.63) is 29.8 Å². The molecule has 6 heteroatoms. The molecule has 0 saturated carbocycles. The minimum Gasteiger partial charge on any atom is -0.346 e. The lowest BCUT2D eigenvalue weighted by atomic mass is 10.3. The van der Waals surface area contributed by atoms with E-state index in [-0.39, 0.29) is 0 Å². The van der Waals surface area contributed by atoms with E-state index in [1.54, 1.807) is 7.05 Å². The highest BCUT2D eigenvalue weighted by Crippen LogP contribution is 2.02. The number of aryl methyl sites for hydroxylation is 1. The summed E-state index contributed by atoms with van der Waals surface area (Å²) in [5.74, 6) is 0.733. The van der Waals surface area contributed by atoms with Crippen LogP contribution in [0.1, 0.15) is 24.7 Å². The second-order valence-electron chi connectivity index (χ2n) is 4.06. The molecule has 2 heterocycles. The van der Waals surface area contributed by atoms with Crippen LogP contribution in [0.2, 0.25) is 0 Å². The van der Waals surface area contributed by atoms with Crippen LogP contribution in [0.3, 0.4) is 0 Å². The number of nitrogens with one attached hydrogen (secondary N) is 1. The summed E-state index contributed by atoms with van der Waals surface area (Å²) in [5, 5.41) is 15.3. The average molecular weight is 234 g/mol. The third kappa shape index (κ3) is 3.39. The SMILES string of the molecule is CCCNCc1ccn(Cc2nnn(C)n2)c1. The first kappa shape index (κ1) is 11.8. The fourth-order valence-corrected chi connectivity index (χ4v) is 1.65. The van der Waals surface area contributed by atoms with Gasteiger partial charge in [0.25, 0.3) is 0 Å². The Bertz CT molecular complexity index is 458. The van der Waals surface area contributed by atoms with Crippen molar-refractivity contribution in [1.82, 2.24) is 30.1 Å². The number of hydrogen-bond donors (Lipinski definition) is 1. The first-order valence-corrected chi connectivity index (χ1v) is 5.86. The van der Waals surface area contributed by atoms with Crippen molar-refractivity contribution in [3.8, 4) is 0 Å². The molecular formula is C11H18N6. The lowest BCUT2D eigenvalue weighted by molar-refractivity contribution is 0.625. The van der Waals surface area contributed by atoms with Gasteiger partial charge in [-0.05, 0) is 29.8 Å². The summed E-state index contributed by atoms with van der Waals surface area (Å²) >= 11 is 0. The highest BCUT2D eigenvalue weighted by molar-refractivity contribution is 5.10. The molecular weight excluding hydrogens is 216 g/mol. The second kappa shape index (κ2) is 5.58. The van der Waals surface area contributed by atoms with Gasteiger partial charge in [-0.15, -0.1) is 10.2 Å². The smallest absolute Gasteiger partial charge is 0.194 e. The Balaban J connectivity index is 1.89. The van der Waals surface area contributed by atoms with Crippen LogP contribution in [-0.4, -0.2) is 31.3 Å². The highest BCUT2D eigenvalue weighted by atomic mass is 15.6. The van der Waals surface area contributed by atoms with Crippen LogP contribution in [-0.2, 0) is 20.1 Å². The summed E-state index contributed by atoms with van der Waals surface area (Å²) < 4.78 is 2.07. The third-order valence-electron chi connectivity index (χ3n) is 2.44. The van der Waals surface area contributed by atoms with Crippen molar-refractivity contribution in [1.29, 1.82) is 0 Å². The Morgan fingerprint density at radius 2 is 2.29 bits per heavy atom. The minimum atomic E-state index is 0.668. The van der Waals surface area contributed by atoms with Crippen molar-refractivity contribution in [2.75, 3.05) is 6.54 Å². The van der Waals surface area contributed by atoms with Crippen LogP contribution in [0.4, 0.5) is 0 Å². The maximum atomic E-state index is 4.15. The zero-order valence-electron chi connectivity index (χ0n) is 10.3. The topological polar surface area (TPSA) is 60.6 Å². The molecule has 0 fully saturated rings. The van der Waals surface area contributed by atoms with Gasteiger partial charge in [0.15, 0.2) is 5.82 Å². The van der Waals surface area contributed by atoms with E-state index in [0.717, 1.165) is 25.3 Å². The Kier molecular flexibility index (Phi) is 3.87. The zero-order chi connectivity index (χ0) is 12.1. The molecule has 6 nitrogen and oxygen atoms in total. The van der Waals surface area contributed by atoms with Gasteiger partial charge in [0.2, 0.25) is 0 Å². The second-order valence-corrected chi connectivity index (χ2v) is 4.06. The van der Waals surface area contributed by atoms with Gasteiger partial charge in [0.1, 0.15) is 0 Å². The van der Waals surface area contributed by atoms with Gasteiger partial charge in [-0.3, -0.25) is 0 Å². The summed E-state index contributed by atoms with van der Waals surface area (Å²) in [4.78, 5) is 1.47. The van der Waals surface area contributed by atoms with E-state index in [1.807, 2.05) is 6.20 Å². The lowest BCUT2D eigenvalue weighted by Crippen LogP contribution is -2.13.